The number of hydrazone groups is 1. The molecule has 1 aromatic carbocycles. The van der Waals surface area contributed by atoms with Gasteiger partial charge in [-0.3, -0.25) is 9.59 Å². The molecule has 0 unspecified atom stereocenters. The lowest BCUT2D eigenvalue weighted by Crippen LogP contribution is -2.17. The summed E-state index contributed by atoms with van der Waals surface area (Å²) in [5, 5.41) is 16.4. The summed E-state index contributed by atoms with van der Waals surface area (Å²) in [5.41, 5.74) is 5.41. The predicted molar refractivity (Wildman–Crippen MR) is 121 cm³/mol. The summed E-state index contributed by atoms with van der Waals surface area (Å²) >= 11 is 0. The molecular formula is C24H33N3O3. The van der Waals surface area contributed by atoms with Crippen molar-refractivity contribution in [2.24, 2.45) is 11.0 Å². The number of para-hydroxylation sites is 2. The van der Waals surface area contributed by atoms with E-state index in [0.29, 0.717) is 24.4 Å². The van der Waals surface area contributed by atoms with E-state index in [-0.39, 0.29) is 17.6 Å². The van der Waals surface area contributed by atoms with Crippen molar-refractivity contribution < 1.29 is 14.7 Å². The molecule has 1 aromatic rings. The Labute approximate surface area is 179 Å². The van der Waals surface area contributed by atoms with Crippen LogP contribution in [0.15, 0.2) is 53.2 Å². The van der Waals surface area contributed by atoms with Crippen LogP contribution >= 0.6 is 0 Å². The first kappa shape index (κ1) is 23.4. The van der Waals surface area contributed by atoms with Crippen LogP contribution in [-0.2, 0) is 9.59 Å². The highest BCUT2D eigenvalue weighted by atomic mass is 16.3. The second-order valence-electron chi connectivity index (χ2n) is 7.87. The first-order chi connectivity index (χ1) is 14.5. The first-order valence-corrected chi connectivity index (χ1v) is 10.7. The van der Waals surface area contributed by atoms with Gasteiger partial charge in [-0.15, -0.1) is 0 Å². The van der Waals surface area contributed by atoms with Gasteiger partial charge in [-0.25, -0.2) is 5.43 Å². The number of carbonyl (C=O) groups excluding carboxylic acids is 2. The molecule has 0 fully saturated rings. The van der Waals surface area contributed by atoms with Crippen LogP contribution in [0.1, 0.15) is 64.7 Å². The topological polar surface area (TPSA) is 90.8 Å². The normalized spacial score (nSPS) is 16.2. The Bertz CT molecular complexity index is 799. The summed E-state index contributed by atoms with van der Waals surface area (Å²) in [7, 11) is 0. The lowest BCUT2D eigenvalue weighted by Gasteiger charge is -2.20. The molecule has 162 valence electrons. The zero-order chi connectivity index (χ0) is 21.8. The Morgan fingerprint density at radius 2 is 1.87 bits per heavy atom. The van der Waals surface area contributed by atoms with Crippen LogP contribution in [0.5, 0.6) is 5.75 Å². The average Bonchev–Trinajstić information content (AvgIpc) is 2.72. The summed E-state index contributed by atoms with van der Waals surface area (Å²) in [4.78, 5) is 23.8. The van der Waals surface area contributed by atoms with Crippen LogP contribution < -0.4 is 10.7 Å². The van der Waals surface area contributed by atoms with Gasteiger partial charge in [0.2, 0.25) is 11.8 Å². The zero-order valence-electron chi connectivity index (χ0n) is 17.8. The molecule has 0 heterocycles. The number of benzene rings is 1. The molecule has 6 heteroatoms. The van der Waals surface area contributed by atoms with Gasteiger partial charge in [0.1, 0.15) is 5.75 Å². The Morgan fingerprint density at radius 3 is 2.50 bits per heavy atom. The van der Waals surface area contributed by atoms with Crippen molar-refractivity contribution in [1.29, 1.82) is 0 Å². The standard InChI is InChI=1S/C24H33N3O3/c1-18(2)20-15-13-19(14-16-20)17-25-27-24(30)12-6-4-3-5-11-23(29)26-21-9-7-8-10-22(21)28/h7-10,13,17,20,28H,1,3-6,11-12,14-16H2,2H3,(H,26,29)(H,27,30)/b25-17+/t20-/m1/s1. The number of phenols is 1. The summed E-state index contributed by atoms with van der Waals surface area (Å²) < 4.78 is 0. The van der Waals surface area contributed by atoms with Crippen molar-refractivity contribution >= 4 is 23.7 Å². The fourth-order valence-corrected chi connectivity index (χ4v) is 3.38. The molecular weight excluding hydrogens is 378 g/mol. The minimum absolute atomic E-state index is 0.0651. The van der Waals surface area contributed by atoms with E-state index in [2.05, 4.69) is 35.4 Å². The van der Waals surface area contributed by atoms with E-state index < -0.39 is 0 Å². The van der Waals surface area contributed by atoms with Crippen LogP contribution in [0, 0.1) is 5.92 Å². The average molecular weight is 412 g/mol. The van der Waals surface area contributed by atoms with Crippen molar-refractivity contribution in [3.8, 4) is 5.75 Å². The molecule has 1 aliphatic rings. The zero-order valence-corrected chi connectivity index (χ0v) is 17.8. The molecule has 1 atom stereocenters. The van der Waals surface area contributed by atoms with Gasteiger partial charge in [-0.1, -0.05) is 43.2 Å². The maximum Gasteiger partial charge on any atom is 0.240 e. The smallest absolute Gasteiger partial charge is 0.240 e. The van der Waals surface area contributed by atoms with Crippen molar-refractivity contribution in [2.75, 3.05) is 5.32 Å². The highest BCUT2D eigenvalue weighted by Crippen LogP contribution is 2.27. The fourth-order valence-electron chi connectivity index (χ4n) is 3.38. The minimum atomic E-state index is -0.116. The van der Waals surface area contributed by atoms with Gasteiger partial charge in [0.15, 0.2) is 0 Å². The van der Waals surface area contributed by atoms with Gasteiger partial charge in [-0.2, -0.15) is 5.10 Å². The molecule has 0 saturated carbocycles. The predicted octanol–water partition coefficient (Wildman–Crippen LogP) is 5.08. The maximum absolute atomic E-state index is 11.9. The van der Waals surface area contributed by atoms with Crippen molar-refractivity contribution in [3.63, 3.8) is 0 Å². The number of aromatic hydroxyl groups is 1. The number of hydrogen-bond donors (Lipinski definition) is 3. The Balaban J connectivity index is 1.51. The van der Waals surface area contributed by atoms with Crippen molar-refractivity contribution in [2.45, 2.75) is 64.7 Å². The monoisotopic (exact) mass is 411 g/mol. The van der Waals surface area contributed by atoms with Crippen LogP contribution in [0.25, 0.3) is 0 Å². The highest BCUT2D eigenvalue weighted by molar-refractivity contribution is 5.92. The van der Waals surface area contributed by atoms with Gasteiger partial charge < -0.3 is 10.4 Å². The molecule has 0 radical (unpaired) electrons. The second-order valence-corrected chi connectivity index (χ2v) is 7.87. The summed E-state index contributed by atoms with van der Waals surface area (Å²) in [6.45, 7) is 6.09. The molecule has 1 aliphatic carbocycles. The third-order valence-electron chi connectivity index (χ3n) is 5.30. The number of rotatable bonds is 11. The van der Waals surface area contributed by atoms with E-state index in [1.807, 2.05) is 0 Å². The molecule has 3 N–H and O–H groups in total. The number of nitrogens with zero attached hydrogens (tertiary/aromatic N) is 1. The van der Waals surface area contributed by atoms with E-state index in [0.717, 1.165) is 50.5 Å². The number of carbonyl (C=O) groups is 2. The van der Waals surface area contributed by atoms with E-state index in [9.17, 15) is 14.7 Å². The van der Waals surface area contributed by atoms with E-state index in [4.69, 9.17) is 0 Å². The molecule has 0 bridgehead atoms. The highest BCUT2D eigenvalue weighted by Gasteiger charge is 2.13. The second kappa shape index (κ2) is 12.6. The lowest BCUT2D eigenvalue weighted by atomic mass is 9.86. The summed E-state index contributed by atoms with van der Waals surface area (Å²) in [6.07, 6.45) is 11.1. The SMILES string of the molecule is C=C(C)[C@@H]1CC=C(/C=N/NC(=O)CCCCCCC(=O)Nc2ccccc2O)CC1. The lowest BCUT2D eigenvalue weighted by molar-refractivity contribution is -0.121. The third-order valence-corrected chi connectivity index (χ3v) is 5.30. The summed E-state index contributed by atoms with van der Waals surface area (Å²) in [5.74, 6) is 0.429. The minimum Gasteiger partial charge on any atom is -0.506 e. The number of phenolic OH excluding ortho intramolecular Hbond substituents is 1. The molecule has 0 saturated heterocycles. The van der Waals surface area contributed by atoms with Crippen LogP contribution in [0.3, 0.4) is 0 Å². The van der Waals surface area contributed by atoms with Crippen molar-refractivity contribution in [3.05, 3.63) is 48.1 Å². The van der Waals surface area contributed by atoms with Crippen LogP contribution in [0.2, 0.25) is 0 Å². The van der Waals surface area contributed by atoms with E-state index in [1.165, 1.54) is 11.6 Å². The quantitative estimate of drug-likeness (QED) is 0.156. The number of hydrogen-bond acceptors (Lipinski definition) is 4. The van der Waals surface area contributed by atoms with Gasteiger partial charge in [0, 0.05) is 12.8 Å². The molecule has 2 amide bonds. The van der Waals surface area contributed by atoms with E-state index >= 15 is 0 Å². The maximum atomic E-state index is 11.9. The molecule has 0 spiro atoms. The third kappa shape index (κ3) is 8.64. The Morgan fingerprint density at radius 1 is 1.17 bits per heavy atom. The van der Waals surface area contributed by atoms with Crippen LogP contribution in [0.4, 0.5) is 5.69 Å². The largest absolute Gasteiger partial charge is 0.506 e. The number of allylic oxidation sites excluding steroid dienone is 3. The van der Waals surface area contributed by atoms with Gasteiger partial charge in [0.25, 0.3) is 0 Å². The van der Waals surface area contributed by atoms with E-state index in [1.54, 1.807) is 24.4 Å². The molecule has 2 rings (SSSR count). The summed E-state index contributed by atoms with van der Waals surface area (Å²) in [6, 6.07) is 6.67. The Kier molecular flexibility index (Phi) is 9.84. The molecule has 0 aliphatic heterocycles. The Hall–Kier alpha value is -2.89. The van der Waals surface area contributed by atoms with Gasteiger partial charge in [-0.05, 0) is 62.7 Å². The first-order valence-electron chi connectivity index (χ1n) is 10.7. The molecule has 30 heavy (non-hydrogen) atoms. The fraction of sp³-hybridized carbons (Fsp3) is 0.458. The van der Waals surface area contributed by atoms with Crippen LogP contribution in [-0.4, -0.2) is 23.1 Å². The van der Waals surface area contributed by atoms with Gasteiger partial charge >= 0.3 is 0 Å². The number of unbranched alkanes of at least 4 members (excludes halogenated alkanes) is 3. The number of amides is 2. The van der Waals surface area contributed by atoms with Crippen molar-refractivity contribution in [1.82, 2.24) is 5.43 Å². The molecule has 0 aromatic heterocycles. The van der Waals surface area contributed by atoms with Gasteiger partial charge in [0.05, 0.1) is 11.9 Å². The number of anilines is 1. The molecule has 6 nitrogen and oxygen atoms in total. The number of nitrogens with one attached hydrogen (secondary N) is 2.